The second-order valence-corrected chi connectivity index (χ2v) is 5.00. The molecule has 1 amide bonds. The summed E-state index contributed by atoms with van der Waals surface area (Å²) < 4.78 is 26.2. The number of aromatic nitrogens is 1. The summed E-state index contributed by atoms with van der Waals surface area (Å²) in [6.07, 6.45) is 1.52. The summed E-state index contributed by atoms with van der Waals surface area (Å²) in [7, 11) is 0. The smallest absolute Gasteiger partial charge is 0.259 e. The zero-order valence-electron chi connectivity index (χ0n) is 12.5. The Hall–Kier alpha value is -3.28. The Morgan fingerprint density at radius 3 is 2.42 bits per heavy atom. The molecule has 1 heterocycles. The number of carbonyl (C=O) groups excluding carboxylic acids is 1. The number of hydrogen-bond donors (Lipinski definition) is 2. The quantitative estimate of drug-likeness (QED) is 0.749. The number of nitrogens with one attached hydrogen (secondary N) is 2. The van der Waals surface area contributed by atoms with E-state index in [1.165, 1.54) is 42.6 Å². The molecule has 0 fully saturated rings. The normalized spacial score (nSPS) is 10.2. The van der Waals surface area contributed by atoms with Crippen LogP contribution in [0, 0.1) is 11.6 Å². The lowest BCUT2D eigenvalue weighted by Crippen LogP contribution is -2.14. The number of carbonyl (C=O) groups is 1. The maximum atomic E-state index is 13.3. The van der Waals surface area contributed by atoms with Crippen molar-refractivity contribution in [3.05, 3.63) is 84.1 Å². The summed E-state index contributed by atoms with van der Waals surface area (Å²) in [4.78, 5) is 16.5. The minimum absolute atomic E-state index is 0.283. The number of anilines is 3. The van der Waals surface area contributed by atoms with Gasteiger partial charge in [0, 0.05) is 17.6 Å². The van der Waals surface area contributed by atoms with Crippen LogP contribution >= 0.6 is 0 Å². The average Bonchev–Trinajstić information content (AvgIpc) is 2.57. The Morgan fingerprint density at radius 2 is 1.67 bits per heavy atom. The molecule has 0 aliphatic carbocycles. The van der Waals surface area contributed by atoms with Crippen LogP contribution in [-0.4, -0.2) is 10.9 Å². The summed E-state index contributed by atoms with van der Waals surface area (Å²) in [5.74, 6) is -0.896. The van der Waals surface area contributed by atoms with Crippen LogP contribution in [0.15, 0.2) is 66.9 Å². The van der Waals surface area contributed by atoms with Crippen molar-refractivity contribution in [2.24, 2.45) is 0 Å². The highest BCUT2D eigenvalue weighted by Gasteiger charge is 2.13. The topological polar surface area (TPSA) is 54.0 Å². The van der Waals surface area contributed by atoms with Gasteiger partial charge in [-0.3, -0.25) is 4.79 Å². The van der Waals surface area contributed by atoms with E-state index < -0.39 is 11.7 Å². The van der Waals surface area contributed by atoms with Crippen LogP contribution in [0.2, 0.25) is 0 Å². The van der Waals surface area contributed by atoms with E-state index in [2.05, 4.69) is 15.6 Å². The number of hydrogen-bond acceptors (Lipinski definition) is 3. The average molecular weight is 325 g/mol. The van der Waals surface area contributed by atoms with Gasteiger partial charge in [0.2, 0.25) is 0 Å². The first-order valence-corrected chi connectivity index (χ1v) is 7.16. The molecule has 2 N–H and O–H groups in total. The summed E-state index contributed by atoms with van der Waals surface area (Å²) in [6, 6.07) is 14.5. The van der Waals surface area contributed by atoms with Gasteiger partial charge >= 0.3 is 0 Å². The van der Waals surface area contributed by atoms with Crippen LogP contribution in [0.1, 0.15) is 10.4 Å². The highest BCUT2D eigenvalue weighted by atomic mass is 19.1. The van der Waals surface area contributed by atoms with Crippen LogP contribution in [0.3, 0.4) is 0 Å². The Kier molecular flexibility index (Phi) is 4.47. The monoisotopic (exact) mass is 325 g/mol. The molecule has 2 aromatic carbocycles. The van der Waals surface area contributed by atoms with E-state index in [0.717, 1.165) is 0 Å². The van der Waals surface area contributed by atoms with Crippen molar-refractivity contribution in [2.45, 2.75) is 0 Å². The van der Waals surface area contributed by atoms with E-state index >= 15 is 0 Å². The van der Waals surface area contributed by atoms with E-state index in [1.807, 2.05) is 0 Å². The molecule has 24 heavy (non-hydrogen) atoms. The van der Waals surface area contributed by atoms with Crippen LogP contribution in [0.25, 0.3) is 0 Å². The van der Waals surface area contributed by atoms with E-state index in [0.29, 0.717) is 17.2 Å². The third kappa shape index (κ3) is 3.73. The first-order chi connectivity index (χ1) is 11.6. The standard InChI is InChI=1S/C18H13F2N3O/c19-12-6-8-14(9-7-12)23-18(24)16-5-2-10-21-17(16)22-15-4-1-3-13(20)11-15/h1-11H,(H,21,22)(H,23,24). The fourth-order valence-electron chi connectivity index (χ4n) is 2.12. The lowest BCUT2D eigenvalue weighted by molar-refractivity contribution is 0.102. The molecular weight excluding hydrogens is 312 g/mol. The highest BCUT2D eigenvalue weighted by molar-refractivity contribution is 6.07. The first kappa shape index (κ1) is 15.6. The molecule has 1 aromatic heterocycles. The van der Waals surface area contributed by atoms with Gasteiger partial charge in [0.15, 0.2) is 0 Å². The molecule has 6 heteroatoms. The molecule has 0 unspecified atom stereocenters. The van der Waals surface area contributed by atoms with Crippen molar-refractivity contribution < 1.29 is 13.6 Å². The highest BCUT2D eigenvalue weighted by Crippen LogP contribution is 2.20. The van der Waals surface area contributed by atoms with Gasteiger partial charge in [-0.1, -0.05) is 6.07 Å². The fraction of sp³-hybridized carbons (Fsp3) is 0. The predicted octanol–water partition coefficient (Wildman–Crippen LogP) is 4.36. The zero-order valence-corrected chi connectivity index (χ0v) is 12.5. The van der Waals surface area contributed by atoms with E-state index in [1.54, 1.807) is 24.3 Å². The summed E-state index contributed by atoms with van der Waals surface area (Å²) >= 11 is 0. The van der Waals surface area contributed by atoms with Crippen LogP contribution < -0.4 is 10.6 Å². The van der Waals surface area contributed by atoms with Gasteiger partial charge in [0.25, 0.3) is 5.91 Å². The van der Waals surface area contributed by atoms with E-state index in [-0.39, 0.29) is 11.4 Å². The molecule has 3 aromatic rings. The molecule has 0 bridgehead atoms. The van der Waals surface area contributed by atoms with Gasteiger partial charge in [-0.15, -0.1) is 0 Å². The summed E-state index contributed by atoms with van der Waals surface area (Å²) in [5, 5.41) is 5.58. The molecule has 120 valence electrons. The SMILES string of the molecule is O=C(Nc1ccc(F)cc1)c1cccnc1Nc1cccc(F)c1. The molecule has 0 aliphatic rings. The summed E-state index contributed by atoms with van der Waals surface area (Å²) in [6.45, 7) is 0. The molecular formula is C18H13F2N3O. The molecule has 0 spiro atoms. The lowest BCUT2D eigenvalue weighted by atomic mass is 10.2. The Morgan fingerprint density at radius 1 is 0.875 bits per heavy atom. The first-order valence-electron chi connectivity index (χ1n) is 7.16. The minimum atomic E-state index is -0.409. The Bertz CT molecular complexity index is 866. The number of pyridine rings is 1. The van der Waals surface area contributed by atoms with E-state index in [9.17, 15) is 13.6 Å². The predicted molar refractivity (Wildman–Crippen MR) is 88.3 cm³/mol. The Labute approximate surface area is 137 Å². The van der Waals surface area contributed by atoms with Gasteiger partial charge in [-0.25, -0.2) is 13.8 Å². The molecule has 3 rings (SSSR count). The van der Waals surface area contributed by atoms with Crippen LogP contribution in [-0.2, 0) is 0 Å². The van der Waals surface area contributed by atoms with Crippen LogP contribution in [0.5, 0.6) is 0 Å². The molecule has 0 radical (unpaired) electrons. The molecule has 4 nitrogen and oxygen atoms in total. The van der Waals surface area contributed by atoms with Crippen molar-refractivity contribution in [1.29, 1.82) is 0 Å². The van der Waals surface area contributed by atoms with Crippen molar-refractivity contribution in [1.82, 2.24) is 4.98 Å². The van der Waals surface area contributed by atoms with Crippen LogP contribution in [0.4, 0.5) is 26.0 Å². The fourth-order valence-corrected chi connectivity index (χ4v) is 2.12. The third-order valence-corrected chi connectivity index (χ3v) is 3.24. The van der Waals surface area contributed by atoms with Gasteiger partial charge in [0.05, 0.1) is 5.56 Å². The number of halogens is 2. The maximum Gasteiger partial charge on any atom is 0.259 e. The van der Waals surface area contributed by atoms with Gasteiger partial charge in [-0.05, 0) is 54.6 Å². The molecule has 0 atom stereocenters. The minimum Gasteiger partial charge on any atom is -0.339 e. The van der Waals surface area contributed by atoms with E-state index in [4.69, 9.17) is 0 Å². The van der Waals surface area contributed by atoms with Crippen molar-refractivity contribution in [2.75, 3.05) is 10.6 Å². The Balaban J connectivity index is 1.83. The number of nitrogens with zero attached hydrogens (tertiary/aromatic N) is 1. The zero-order chi connectivity index (χ0) is 16.9. The van der Waals surface area contributed by atoms with Gasteiger partial charge < -0.3 is 10.6 Å². The largest absolute Gasteiger partial charge is 0.339 e. The lowest BCUT2D eigenvalue weighted by Gasteiger charge is -2.11. The molecule has 0 saturated heterocycles. The maximum absolute atomic E-state index is 13.3. The third-order valence-electron chi connectivity index (χ3n) is 3.24. The number of amides is 1. The van der Waals surface area contributed by atoms with Crippen molar-refractivity contribution >= 4 is 23.1 Å². The number of benzene rings is 2. The van der Waals surface area contributed by atoms with Crippen molar-refractivity contribution in [3.63, 3.8) is 0 Å². The molecule has 0 aliphatic heterocycles. The van der Waals surface area contributed by atoms with Gasteiger partial charge in [-0.2, -0.15) is 0 Å². The number of rotatable bonds is 4. The van der Waals surface area contributed by atoms with Crippen molar-refractivity contribution in [3.8, 4) is 0 Å². The second kappa shape index (κ2) is 6.87. The van der Waals surface area contributed by atoms with Gasteiger partial charge in [0.1, 0.15) is 17.5 Å². The summed E-state index contributed by atoms with van der Waals surface area (Å²) in [5.41, 5.74) is 1.22. The molecule has 0 saturated carbocycles. The second-order valence-electron chi connectivity index (χ2n) is 5.00.